The highest BCUT2D eigenvalue weighted by atomic mass is 79.9. The van der Waals surface area contributed by atoms with Crippen LogP contribution in [0, 0.1) is 0 Å². The summed E-state index contributed by atoms with van der Waals surface area (Å²) in [6.45, 7) is 0.675. The van der Waals surface area contributed by atoms with E-state index in [2.05, 4.69) is 26.6 Å². The van der Waals surface area contributed by atoms with Crippen molar-refractivity contribution in [3.8, 4) is 0 Å². The van der Waals surface area contributed by atoms with E-state index in [0.29, 0.717) is 23.6 Å². The van der Waals surface area contributed by atoms with Crippen LogP contribution < -0.4 is 10.6 Å². The minimum Gasteiger partial charge on any atom is -0.354 e. The topological polar surface area (TPSA) is 58.2 Å². The van der Waals surface area contributed by atoms with Gasteiger partial charge in [-0.1, -0.05) is 27.5 Å². The lowest BCUT2D eigenvalue weighted by Gasteiger charge is -2.15. The molecule has 1 aliphatic heterocycles. The van der Waals surface area contributed by atoms with E-state index in [9.17, 15) is 9.59 Å². The molecule has 1 aromatic carbocycles. The number of hydrogen-bond acceptors (Lipinski definition) is 2. The Morgan fingerprint density at radius 2 is 2.16 bits per heavy atom. The van der Waals surface area contributed by atoms with Crippen molar-refractivity contribution in [1.82, 2.24) is 10.6 Å². The molecule has 1 aromatic rings. The van der Waals surface area contributed by atoms with Crippen molar-refractivity contribution in [2.24, 2.45) is 0 Å². The Hall–Kier alpha value is -1.07. The fourth-order valence-electron chi connectivity index (χ4n) is 2.00. The van der Waals surface area contributed by atoms with Crippen molar-refractivity contribution >= 4 is 39.3 Å². The Bertz CT molecular complexity index is 487. The number of amides is 2. The molecule has 0 bridgehead atoms. The number of rotatable bonds is 2. The lowest BCUT2D eigenvalue weighted by atomic mass is 10.1. The Labute approximate surface area is 125 Å². The van der Waals surface area contributed by atoms with E-state index in [4.69, 9.17) is 11.6 Å². The molecule has 6 heteroatoms. The average molecular weight is 346 g/mol. The predicted molar refractivity (Wildman–Crippen MR) is 77.3 cm³/mol. The van der Waals surface area contributed by atoms with Gasteiger partial charge in [-0.3, -0.25) is 9.59 Å². The molecule has 1 saturated heterocycles. The third-order valence-electron chi connectivity index (χ3n) is 2.97. The first kappa shape index (κ1) is 14.3. The van der Waals surface area contributed by atoms with Gasteiger partial charge < -0.3 is 10.6 Å². The van der Waals surface area contributed by atoms with Gasteiger partial charge in [-0.15, -0.1) is 0 Å². The third kappa shape index (κ3) is 3.94. The smallest absolute Gasteiger partial charge is 0.252 e. The zero-order valence-electron chi connectivity index (χ0n) is 10.2. The maximum atomic E-state index is 12.1. The van der Waals surface area contributed by atoms with Crippen LogP contribution >= 0.6 is 27.5 Å². The summed E-state index contributed by atoms with van der Waals surface area (Å²) in [7, 11) is 0. The molecule has 0 spiro atoms. The summed E-state index contributed by atoms with van der Waals surface area (Å²) in [5.41, 5.74) is 0.441. The second kappa shape index (κ2) is 6.39. The average Bonchev–Trinajstić information content (AvgIpc) is 2.54. The molecule has 0 saturated carbocycles. The number of nitrogens with one attached hydrogen (secondary N) is 2. The quantitative estimate of drug-likeness (QED) is 0.865. The van der Waals surface area contributed by atoms with Crippen molar-refractivity contribution in [3.63, 3.8) is 0 Å². The van der Waals surface area contributed by atoms with Crippen LogP contribution in [0.2, 0.25) is 5.02 Å². The summed E-state index contributed by atoms with van der Waals surface area (Å²) in [4.78, 5) is 23.9. The van der Waals surface area contributed by atoms with Crippen molar-refractivity contribution < 1.29 is 9.59 Å². The van der Waals surface area contributed by atoms with Crippen LogP contribution in [0.5, 0.6) is 0 Å². The fourth-order valence-corrected chi connectivity index (χ4v) is 2.86. The predicted octanol–water partition coefficient (Wildman–Crippen LogP) is 2.50. The van der Waals surface area contributed by atoms with E-state index < -0.39 is 6.04 Å². The van der Waals surface area contributed by atoms with Gasteiger partial charge in [0.15, 0.2) is 0 Å². The number of carbonyl (C=O) groups is 2. The fraction of sp³-hybridized carbons (Fsp3) is 0.385. The van der Waals surface area contributed by atoms with Gasteiger partial charge in [-0.2, -0.15) is 0 Å². The Morgan fingerprint density at radius 3 is 2.89 bits per heavy atom. The molecule has 0 aromatic heterocycles. The van der Waals surface area contributed by atoms with Gasteiger partial charge in [0.1, 0.15) is 6.04 Å². The zero-order valence-corrected chi connectivity index (χ0v) is 12.6. The van der Waals surface area contributed by atoms with E-state index in [1.807, 2.05) is 0 Å². The Balaban J connectivity index is 2.09. The standard InChI is InChI=1S/C13H14BrClN2O2/c14-9-5-8(6-10(15)7-9)12(18)17-11-3-1-2-4-16-13(11)19/h5-7,11H,1-4H2,(H,16,19)(H,17,18). The van der Waals surface area contributed by atoms with Gasteiger partial charge in [0.05, 0.1) is 0 Å². The van der Waals surface area contributed by atoms with Gasteiger partial charge in [-0.25, -0.2) is 0 Å². The first-order chi connectivity index (χ1) is 9.06. The van der Waals surface area contributed by atoms with Gasteiger partial charge in [0.25, 0.3) is 5.91 Å². The highest BCUT2D eigenvalue weighted by molar-refractivity contribution is 9.10. The van der Waals surface area contributed by atoms with Crippen LogP contribution in [0.3, 0.4) is 0 Å². The lowest BCUT2D eigenvalue weighted by molar-refractivity contribution is -0.122. The van der Waals surface area contributed by atoms with Gasteiger partial charge in [0, 0.05) is 21.6 Å². The summed E-state index contributed by atoms with van der Waals surface area (Å²) >= 11 is 9.19. The minimum absolute atomic E-state index is 0.119. The molecular weight excluding hydrogens is 332 g/mol. The Morgan fingerprint density at radius 1 is 1.37 bits per heavy atom. The summed E-state index contributed by atoms with van der Waals surface area (Å²) < 4.78 is 0.732. The van der Waals surface area contributed by atoms with E-state index in [-0.39, 0.29) is 11.8 Å². The van der Waals surface area contributed by atoms with Gasteiger partial charge in [-0.05, 0) is 37.5 Å². The molecule has 2 N–H and O–H groups in total. The van der Waals surface area contributed by atoms with Crippen LogP contribution in [-0.4, -0.2) is 24.4 Å². The normalized spacial score (nSPS) is 19.5. The maximum Gasteiger partial charge on any atom is 0.252 e. The lowest BCUT2D eigenvalue weighted by Crippen LogP contribution is -2.45. The summed E-state index contributed by atoms with van der Waals surface area (Å²) in [5, 5.41) is 6.01. The van der Waals surface area contributed by atoms with Crippen LogP contribution in [0.4, 0.5) is 0 Å². The monoisotopic (exact) mass is 344 g/mol. The highest BCUT2D eigenvalue weighted by Crippen LogP contribution is 2.19. The molecule has 1 unspecified atom stereocenters. The van der Waals surface area contributed by atoms with E-state index in [1.54, 1.807) is 18.2 Å². The molecule has 1 atom stereocenters. The second-order valence-corrected chi connectivity index (χ2v) is 5.82. The number of hydrogen-bond donors (Lipinski definition) is 2. The van der Waals surface area contributed by atoms with Crippen LogP contribution in [-0.2, 0) is 4.79 Å². The molecule has 19 heavy (non-hydrogen) atoms. The minimum atomic E-state index is -0.465. The molecular formula is C13H14BrClN2O2. The molecule has 1 heterocycles. The van der Waals surface area contributed by atoms with E-state index in [0.717, 1.165) is 17.3 Å². The number of halogens is 2. The molecule has 102 valence electrons. The molecule has 1 aliphatic rings. The Kier molecular flexibility index (Phi) is 4.82. The SMILES string of the molecule is O=C(NC1CCCCNC1=O)c1cc(Cl)cc(Br)c1. The first-order valence-electron chi connectivity index (χ1n) is 6.11. The van der Waals surface area contributed by atoms with Crippen LogP contribution in [0.1, 0.15) is 29.6 Å². The van der Waals surface area contributed by atoms with Gasteiger partial charge >= 0.3 is 0 Å². The molecule has 2 amide bonds. The van der Waals surface area contributed by atoms with Crippen LogP contribution in [0.15, 0.2) is 22.7 Å². The van der Waals surface area contributed by atoms with Crippen molar-refractivity contribution in [1.29, 1.82) is 0 Å². The molecule has 0 radical (unpaired) electrons. The zero-order chi connectivity index (χ0) is 13.8. The van der Waals surface area contributed by atoms with Crippen molar-refractivity contribution in [2.75, 3.05) is 6.54 Å². The second-order valence-electron chi connectivity index (χ2n) is 4.47. The number of carbonyl (C=O) groups excluding carboxylic acids is 2. The van der Waals surface area contributed by atoms with Crippen LogP contribution in [0.25, 0.3) is 0 Å². The van der Waals surface area contributed by atoms with Crippen molar-refractivity contribution in [2.45, 2.75) is 25.3 Å². The summed E-state index contributed by atoms with van der Waals surface area (Å²) in [5.74, 6) is -0.405. The first-order valence-corrected chi connectivity index (χ1v) is 7.28. The largest absolute Gasteiger partial charge is 0.354 e. The van der Waals surface area contributed by atoms with E-state index in [1.165, 1.54) is 0 Å². The molecule has 1 fully saturated rings. The van der Waals surface area contributed by atoms with Gasteiger partial charge in [0.2, 0.25) is 5.91 Å². The highest BCUT2D eigenvalue weighted by Gasteiger charge is 2.23. The summed E-state index contributed by atoms with van der Waals surface area (Å²) in [6, 6.07) is 4.50. The molecule has 4 nitrogen and oxygen atoms in total. The summed E-state index contributed by atoms with van der Waals surface area (Å²) in [6.07, 6.45) is 2.53. The van der Waals surface area contributed by atoms with Crippen molar-refractivity contribution in [3.05, 3.63) is 33.3 Å². The third-order valence-corrected chi connectivity index (χ3v) is 3.64. The number of benzene rings is 1. The van der Waals surface area contributed by atoms with E-state index >= 15 is 0 Å². The maximum absolute atomic E-state index is 12.1. The molecule has 2 rings (SSSR count). The molecule has 0 aliphatic carbocycles.